The average molecular weight is 385 g/mol. The van der Waals surface area contributed by atoms with Gasteiger partial charge in [-0.15, -0.1) is 0 Å². The fraction of sp³-hybridized carbons (Fsp3) is 0.250. The minimum Gasteiger partial charge on any atom is -0.339 e. The Labute approximate surface area is 161 Å². The highest BCUT2D eigenvalue weighted by Crippen LogP contribution is 2.10. The second-order valence-corrected chi connectivity index (χ2v) is 6.61. The minimum atomic E-state index is -0.329. The molecule has 0 bridgehead atoms. The number of hydrogen-bond donors (Lipinski definition) is 1. The van der Waals surface area contributed by atoms with E-state index in [0.29, 0.717) is 28.8 Å². The fourth-order valence-corrected chi connectivity index (χ4v) is 3.28. The van der Waals surface area contributed by atoms with E-state index in [0.717, 1.165) is 5.56 Å². The number of aromatic amines is 1. The zero-order valence-electron chi connectivity index (χ0n) is 14.9. The molecule has 0 aliphatic carbocycles. The maximum absolute atomic E-state index is 13.4. The van der Waals surface area contributed by atoms with Gasteiger partial charge >= 0.3 is 0 Å². The number of carbonyl (C=O) groups excluding carboxylic acids is 1. The summed E-state index contributed by atoms with van der Waals surface area (Å²) in [6, 6.07) is 13.3. The van der Waals surface area contributed by atoms with Crippen molar-refractivity contribution in [3.05, 3.63) is 75.0 Å². The summed E-state index contributed by atoms with van der Waals surface area (Å²) in [5.74, 6) is -0.443. The maximum atomic E-state index is 13.4. The van der Waals surface area contributed by atoms with E-state index in [1.54, 1.807) is 35.2 Å². The van der Waals surface area contributed by atoms with Crippen molar-refractivity contribution in [2.45, 2.75) is 26.4 Å². The Kier molecular flexibility index (Phi) is 5.81. The zero-order valence-corrected chi connectivity index (χ0v) is 15.8. The molecule has 140 valence electrons. The van der Waals surface area contributed by atoms with Crippen molar-refractivity contribution in [2.75, 3.05) is 6.54 Å². The molecule has 0 atom stereocenters. The minimum absolute atomic E-state index is 0.115. The summed E-state index contributed by atoms with van der Waals surface area (Å²) in [6.07, 6.45) is 0.138. The molecule has 0 aliphatic rings. The van der Waals surface area contributed by atoms with Crippen LogP contribution >= 0.6 is 12.2 Å². The van der Waals surface area contributed by atoms with Gasteiger partial charge in [-0.05, 0) is 49.0 Å². The first-order valence-electron chi connectivity index (χ1n) is 8.73. The number of benzene rings is 2. The van der Waals surface area contributed by atoms with Gasteiger partial charge in [0.1, 0.15) is 5.82 Å². The molecule has 0 radical (unpaired) electrons. The monoisotopic (exact) mass is 385 g/mol. The van der Waals surface area contributed by atoms with Crippen LogP contribution < -0.4 is 5.56 Å². The fourth-order valence-electron chi connectivity index (χ4n) is 3.00. The molecule has 0 fully saturated rings. The number of halogens is 1. The first kappa shape index (κ1) is 19.0. The van der Waals surface area contributed by atoms with Crippen LogP contribution in [0.25, 0.3) is 10.9 Å². The summed E-state index contributed by atoms with van der Waals surface area (Å²) >= 11 is 5.27. The Morgan fingerprint density at radius 2 is 2.00 bits per heavy atom. The standard InChI is InChI=1S/C20H20FN3O2S/c1-2-23(13-14-6-5-7-15(21)12-14)18(25)10-11-24-19(26)16-8-3-4-9-17(16)22-20(24)27/h3-9,12H,2,10-11,13H2,1H3,(H,22,27). The number of para-hydroxylation sites is 1. The summed E-state index contributed by atoms with van der Waals surface area (Å²) in [4.78, 5) is 29.9. The number of carbonyl (C=O) groups is 1. The number of rotatable bonds is 6. The molecule has 1 amide bonds. The van der Waals surface area contributed by atoms with Crippen LogP contribution in [0.4, 0.5) is 4.39 Å². The van der Waals surface area contributed by atoms with E-state index < -0.39 is 0 Å². The van der Waals surface area contributed by atoms with E-state index in [9.17, 15) is 14.0 Å². The molecule has 0 aliphatic heterocycles. The molecule has 2 aromatic carbocycles. The van der Waals surface area contributed by atoms with Gasteiger partial charge in [-0.2, -0.15) is 0 Å². The number of amides is 1. The van der Waals surface area contributed by atoms with E-state index in [1.165, 1.54) is 16.7 Å². The van der Waals surface area contributed by atoms with Crippen LogP contribution in [-0.4, -0.2) is 26.9 Å². The summed E-state index contributed by atoms with van der Waals surface area (Å²) < 4.78 is 15.1. The van der Waals surface area contributed by atoms with E-state index >= 15 is 0 Å². The van der Waals surface area contributed by atoms with Gasteiger partial charge in [0.25, 0.3) is 5.56 Å². The summed E-state index contributed by atoms with van der Waals surface area (Å²) in [5, 5.41) is 0.533. The number of nitrogens with zero attached hydrogens (tertiary/aromatic N) is 2. The Bertz CT molecular complexity index is 1090. The Morgan fingerprint density at radius 3 is 2.74 bits per heavy atom. The number of fused-ring (bicyclic) bond motifs is 1. The lowest BCUT2D eigenvalue weighted by molar-refractivity contribution is -0.131. The van der Waals surface area contributed by atoms with Crippen LogP contribution in [0.2, 0.25) is 0 Å². The second kappa shape index (κ2) is 8.26. The lowest BCUT2D eigenvalue weighted by atomic mass is 10.2. The quantitative estimate of drug-likeness (QED) is 0.659. The number of H-pyrrole nitrogens is 1. The van der Waals surface area contributed by atoms with E-state index in [2.05, 4.69) is 4.98 Å². The summed E-state index contributed by atoms with van der Waals surface area (Å²) in [5.41, 5.74) is 1.19. The smallest absolute Gasteiger partial charge is 0.262 e. The predicted octanol–water partition coefficient (Wildman–Crippen LogP) is 3.64. The van der Waals surface area contributed by atoms with Gasteiger partial charge in [-0.25, -0.2) is 4.39 Å². The second-order valence-electron chi connectivity index (χ2n) is 6.22. The van der Waals surface area contributed by atoms with Crippen LogP contribution in [0.1, 0.15) is 18.9 Å². The topological polar surface area (TPSA) is 58.1 Å². The normalized spacial score (nSPS) is 10.9. The van der Waals surface area contributed by atoms with Gasteiger partial charge in [0.05, 0.1) is 10.9 Å². The highest BCUT2D eigenvalue weighted by Gasteiger charge is 2.14. The molecule has 1 heterocycles. The highest BCUT2D eigenvalue weighted by molar-refractivity contribution is 7.71. The molecule has 0 saturated heterocycles. The number of nitrogens with one attached hydrogen (secondary N) is 1. The molecular formula is C20H20FN3O2S. The van der Waals surface area contributed by atoms with Crippen LogP contribution in [0.15, 0.2) is 53.3 Å². The summed E-state index contributed by atoms with van der Waals surface area (Å²) in [6.45, 7) is 2.88. The highest BCUT2D eigenvalue weighted by atomic mass is 32.1. The SMILES string of the molecule is CCN(Cc1cccc(F)c1)C(=O)CCn1c(=S)[nH]c2ccccc2c1=O. The van der Waals surface area contributed by atoms with E-state index in [1.807, 2.05) is 13.0 Å². The lowest BCUT2D eigenvalue weighted by Crippen LogP contribution is -2.32. The number of aromatic nitrogens is 2. The third-order valence-corrected chi connectivity index (χ3v) is 4.76. The van der Waals surface area contributed by atoms with Gasteiger partial charge in [0.15, 0.2) is 4.77 Å². The van der Waals surface area contributed by atoms with Gasteiger partial charge in [-0.3, -0.25) is 14.2 Å². The average Bonchev–Trinajstić information content (AvgIpc) is 2.65. The molecule has 0 unspecified atom stereocenters. The molecule has 7 heteroatoms. The third-order valence-electron chi connectivity index (χ3n) is 4.44. The van der Waals surface area contributed by atoms with Gasteiger partial charge in [0.2, 0.25) is 5.91 Å². The largest absolute Gasteiger partial charge is 0.339 e. The van der Waals surface area contributed by atoms with Crippen LogP contribution in [0.5, 0.6) is 0 Å². The van der Waals surface area contributed by atoms with Crippen LogP contribution in [0, 0.1) is 10.6 Å². The van der Waals surface area contributed by atoms with Crippen molar-refractivity contribution in [1.82, 2.24) is 14.5 Å². The first-order valence-corrected chi connectivity index (χ1v) is 9.14. The van der Waals surface area contributed by atoms with Crippen molar-refractivity contribution in [3.63, 3.8) is 0 Å². The molecule has 3 rings (SSSR count). The van der Waals surface area contributed by atoms with Crippen LogP contribution in [0.3, 0.4) is 0 Å². The van der Waals surface area contributed by atoms with Gasteiger partial charge < -0.3 is 9.88 Å². The molecule has 0 spiro atoms. The maximum Gasteiger partial charge on any atom is 0.262 e. The van der Waals surface area contributed by atoms with Crippen LogP contribution in [-0.2, 0) is 17.9 Å². The van der Waals surface area contributed by atoms with E-state index in [4.69, 9.17) is 12.2 Å². The molecule has 1 N–H and O–H groups in total. The van der Waals surface area contributed by atoms with Crippen molar-refractivity contribution >= 4 is 29.0 Å². The summed E-state index contributed by atoms with van der Waals surface area (Å²) in [7, 11) is 0. The molecule has 0 saturated carbocycles. The zero-order chi connectivity index (χ0) is 19.4. The molecular weight excluding hydrogens is 365 g/mol. The molecule has 27 heavy (non-hydrogen) atoms. The molecule has 3 aromatic rings. The predicted molar refractivity (Wildman–Crippen MR) is 106 cm³/mol. The van der Waals surface area contributed by atoms with Crippen molar-refractivity contribution in [3.8, 4) is 0 Å². The van der Waals surface area contributed by atoms with Crippen molar-refractivity contribution in [2.24, 2.45) is 0 Å². The Balaban J connectivity index is 1.75. The Hall–Kier alpha value is -2.80. The van der Waals surface area contributed by atoms with Crippen molar-refractivity contribution in [1.29, 1.82) is 0 Å². The number of hydrogen-bond acceptors (Lipinski definition) is 3. The molecule has 5 nitrogen and oxygen atoms in total. The van der Waals surface area contributed by atoms with E-state index in [-0.39, 0.29) is 30.2 Å². The molecule has 1 aromatic heterocycles. The first-order chi connectivity index (χ1) is 13.0. The van der Waals surface area contributed by atoms with Gasteiger partial charge in [0, 0.05) is 26.1 Å². The lowest BCUT2D eigenvalue weighted by Gasteiger charge is -2.21. The van der Waals surface area contributed by atoms with Crippen molar-refractivity contribution < 1.29 is 9.18 Å². The Morgan fingerprint density at radius 1 is 1.22 bits per heavy atom. The van der Waals surface area contributed by atoms with Gasteiger partial charge in [-0.1, -0.05) is 24.3 Å². The third kappa shape index (κ3) is 4.31.